The van der Waals surface area contributed by atoms with Crippen LogP contribution >= 0.6 is 15.9 Å². The van der Waals surface area contributed by atoms with E-state index in [0.717, 1.165) is 22.6 Å². The number of aromatic nitrogens is 3. The molecule has 0 saturated heterocycles. The minimum atomic E-state index is 0.326. The van der Waals surface area contributed by atoms with Gasteiger partial charge in [-0.2, -0.15) is 0 Å². The van der Waals surface area contributed by atoms with Crippen molar-refractivity contribution in [2.24, 2.45) is 0 Å². The summed E-state index contributed by atoms with van der Waals surface area (Å²) >= 11 is 3.48. The van der Waals surface area contributed by atoms with Crippen LogP contribution in [0.5, 0.6) is 0 Å². The summed E-state index contributed by atoms with van der Waals surface area (Å²) < 4.78 is 2.80. The zero-order valence-electron chi connectivity index (χ0n) is 12.1. The molecule has 5 heteroatoms. The molecule has 3 rings (SSSR count). The fourth-order valence-electron chi connectivity index (χ4n) is 2.36. The van der Waals surface area contributed by atoms with Crippen molar-refractivity contribution in [3.05, 3.63) is 59.1 Å². The summed E-state index contributed by atoms with van der Waals surface area (Å²) in [6, 6.07) is 10.8. The first kappa shape index (κ1) is 14.1. The SMILES string of the molecule is CC(C)N(Cc1ccccc1)c1nc(Br)cn2ccnc12. The van der Waals surface area contributed by atoms with Crippen molar-refractivity contribution < 1.29 is 0 Å². The van der Waals surface area contributed by atoms with Crippen LogP contribution < -0.4 is 4.90 Å². The number of fused-ring (bicyclic) bond motifs is 1. The molecule has 108 valence electrons. The first-order valence-corrected chi connectivity index (χ1v) is 7.74. The van der Waals surface area contributed by atoms with E-state index < -0.39 is 0 Å². The Morgan fingerprint density at radius 1 is 1.24 bits per heavy atom. The fourth-order valence-corrected chi connectivity index (χ4v) is 2.75. The van der Waals surface area contributed by atoms with Crippen LogP contribution in [0.3, 0.4) is 0 Å². The molecule has 3 aromatic rings. The molecule has 2 aromatic heterocycles. The van der Waals surface area contributed by atoms with Crippen LogP contribution in [0.4, 0.5) is 5.82 Å². The summed E-state index contributed by atoms with van der Waals surface area (Å²) in [5.41, 5.74) is 2.14. The van der Waals surface area contributed by atoms with Gasteiger partial charge in [0, 0.05) is 31.2 Å². The molecule has 4 nitrogen and oxygen atoms in total. The predicted octanol–water partition coefficient (Wildman–Crippen LogP) is 3.91. The standard InChI is InChI=1S/C16H17BrN4/c1-12(2)21(10-13-6-4-3-5-7-13)16-15-18-8-9-20(15)11-14(17)19-16/h3-9,11-12H,10H2,1-2H3. The quantitative estimate of drug-likeness (QED) is 0.719. The van der Waals surface area contributed by atoms with Gasteiger partial charge in [-0.15, -0.1) is 0 Å². The number of benzene rings is 1. The average Bonchev–Trinajstić information content (AvgIpc) is 2.93. The third-order valence-corrected chi connectivity index (χ3v) is 3.80. The summed E-state index contributed by atoms with van der Waals surface area (Å²) in [6.07, 6.45) is 5.66. The first-order valence-electron chi connectivity index (χ1n) is 6.95. The number of hydrogen-bond donors (Lipinski definition) is 0. The van der Waals surface area contributed by atoms with E-state index in [1.807, 2.05) is 22.9 Å². The Morgan fingerprint density at radius 2 is 2.00 bits per heavy atom. The first-order chi connectivity index (χ1) is 10.1. The number of rotatable bonds is 4. The van der Waals surface area contributed by atoms with E-state index in [0.29, 0.717) is 6.04 Å². The van der Waals surface area contributed by atoms with Crippen LogP contribution in [0.1, 0.15) is 19.4 Å². The van der Waals surface area contributed by atoms with Crippen molar-refractivity contribution in [3.63, 3.8) is 0 Å². The highest BCUT2D eigenvalue weighted by atomic mass is 79.9. The lowest BCUT2D eigenvalue weighted by molar-refractivity contribution is 0.671. The van der Waals surface area contributed by atoms with E-state index in [-0.39, 0.29) is 0 Å². The maximum absolute atomic E-state index is 4.65. The molecular weight excluding hydrogens is 328 g/mol. The summed E-state index contributed by atoms with van der Waals surface area (Å²) in [4.78, 5) is 11.4. The Hall–Kier alpha value is -1.88. The van der Waals surface area contributed by atoms with Crippen LogP contribution in [-0.2, 0) is 6.54 Å². The molecule has 0 aliphatic heterocycles. The Balaban J connectivity index is 2.05. The van der Waals surface area contributed by atoms with E-state index in [9.17, 15) is 0 Å². The lowest BCUT2D eigenvalue weighted by Crippen LogP contribution is -2.31. The maximum atomic E-state index is 4.65. The Morgan fingerprint density at radius 3 is 2.71 bits per heavy atom. The molecule has 1 aromatic carbocycles. The van der Waals surface area contributed by atoms with Crippen molar-refractivity contribution in [3.8, 4) is 0 Å². The van der Waals surface area contributed by atoms with Crippen LogP contribution in [0.25, 0.3) is 5.65 Å². The molecule has 0 fully saturated rings. The van der Waals surface area contributed by atoms with E-state index in [1.54, 1.807) is 6.20 Å². The van der Waals surface area contributed by atoms with Gasteiger partial charge in [0.15, 0.2) is 11.5 Å². The Labute approximate surface area is 132 Å². The molecule has 0 bridgehead atoms. The van der Waals surface area contributed by atoms with Gasteiger partial charge in [-0.05, 0) is 35.3 Å². The van der Waals surface area contributed by atoms with Gasteiger partial charge in [0.2, 0.25) is 0 Å². The largest absolute Gasteiger partial charge is 0.347 e. The molecule has 0 aliphatic carbocycles. The third-order valence-electron chi connectivity index (χ3n) is 3.42. The normalized spacial score (nSPS) is 11.2. The van der Waals surface area contributed by atoms with Crippen molar-refractivity contribution in [1.82, 2.24) is 14.4 Å². The molecule has 0 saturated carbocycles. The Kier molecular flexibility index (Phi) is 3.92. The molecule has 2 heterocycles. The highest BCUT2D eigenvalue weighted by Gasteiger charge is 2.17. The minimum absolute atomic E-state index is 0.326. The summed E-state index contributed by atoms with van der Waals surface area (Å²) in [5, 5.41) is 0. The van der Waals surface area contributed by atoms with Crippen LogP contribution in [0.15, 0.2) is 53.5 Å². The van der Waals surface area contributed by atoms with Crippen molar-refractivity contribution in [1.29, 1.82) is 0 Å². The van der Waals surface area contributed by atoms with Crippen LogP contribution in [0.2, 0.25) is 0 Å². The summed E-state index contributed by atoms with van der Waals surface area (Å²) in [7, 11) is 0. The summed E-state index contributed by atoms with van der Waals surface area (Å²) in [6.45, 7) is 5.15. The van der Waals surface area contributed by atoms with Gasteiger partial charge in [-0.1, -0.05) is 30.3 Å². The third kappa shape index (κ3) is 2.93. The number of hydrogen-bond acceptors (Lipinski definition) is 3. The van der Waals surface area contributed by atoms with Crippen LogP contribution in [0, 0.1) is 0 Å². The predicted molar refractivity (Wildman–Crippen MR) is 88.4 cm³/mol. The Bertz CT molecular complexity index is 736. The minimum Gasteiger partial charge on any atom is -0.347 e. The highest BCUT2D eigenvalue weighted by Crippen LogP contribution is 2.24. The monoisotopic (exact) mass is 344 g/mol. The molecule has 21 heavy (non-hydrogen) atoms. The molecule has 0 unspecified atom stereocenters. The van der Waals surface area contributed by atoms with Gasteiger partial charge in [0.05, 0.1) is 0 Å². The van der Waals surface area contributed by atoms with E-state index in [4.69, 9.17) is 0 Å². The van der Waals surface area contributed by atoms with Crippen molar-refractivity contribution in [2.45, 2.75) is 26.4 Å². The van der Waals surface area contributed by atoms with Gasteiger partial charge in [-0.3, -0.25) is 0 Å². The number of imidazole rings is 1. The van der Waals surface area contributed by atoms with Gasteiger partial charge in [0.25, 0.3) is 0 Å². The summed E-state index contributed by atoms with van der Waals surface area (Å²) in [5.74, 6) is 0.897. The smallest absolute Gasteiger partial charge is 0.180 e. The van der Waals surface area contributed by atoms with Gasteiger partial charge in [0.1, 0.15) is 4.60 Å². The average molecular weight is 345 g/mol. The van der Waals surface area contributed by atoms with Crippen molar-refractivity contribution >= 4 is 27.4 Å². The van der Waals surface area contributed by atoms with E-state index >= 15 is 0 Å². The van der Waals surface area contributed by atoms with Crippen LogP contribution in [-0.4, -0.2) is 20.4 Å². The maximum Gasteiger partial charge on any atom is 0.180 e. The number of anilines is 1. The molecule has 0 amide bonds. The zero-order chi connectivity index (χ0) is 14.8. The van der Waals surface area contributed by atoms with E-state index in [2.05, 4.69) is 68.9 Å². The highest BCUT2D eigenvalue weighted by molar-refractivity contribution is 9.10. The second kappa shape index (κ2) is 5.85. The van der Waals surface area contributed by atoms with E-state index in [1.165, 1.54) is 5.56 Å². The lowest BCUT2D eigenvalue weighted by Gasteiger charge is -2.28. The van der Waals surface area contributed by atoms with Gasteiger partial charge < -0.3 is 9.30 Å². The van der Waals surface area contributed by atoms with Crippen molar-refractivity contribution in [2.75, 3.05) is 4.90 Å². The molecule has 0 atom stereocenters. The zero-order valence-corrected chi connectivity index (χ0v) is 13.7. The molecule has 0 N–H and O–H groups in total. The fraction of sp³-hybridized carbons (Fsp3) is 0.250. The molecule has 0 spiro atoms. The second-order valence-corrected chi connectivity index (χ2v) is 6.07. The van der Waals surface area contributed by atoms with Gasteiger partial charge in [-0.25, -0.2) is 9.97 Å². The molecule has 0 aliphatic rings. The molecular formula is C16H17BrN4. The molecule has 0 radical (unpaired) electrons. The number of nitrogens with zero attached hydrogens (tertiary/aromatic N) is 4. The second-order valence-electron chi connectivity index (χ2n) is 5.25. The van der Waals surface area contributed by atoms with Gasteiger partial charge >= 0.3 is 0 Å². The lowest BCUT2D eigenvalue weighted by atomic mass is 10.2. The number of halogens is 1. The topological polar surface area (TPSA) is 33.4 Å².